The number of imidazole rings is 1. The molecule has 0 unspecified atom stereocenters. The molecule has 11 heteroatoms. The van der Waals surface area contributed by atoms with Crippen LogP contribution in [0.4, 0.5) is 5.69 Å². The number of rotatable bonds is 14. The summed E-state index contributed by atoms with van der Waals surface area (Å²) in [6.07, 6.45) is 5.15. The van der Waals surface area contributed by atoms with Crippen molar-refractivity contribution in [2.45, 2.75) is 39.5 Å². The van der Waals surface area contributed by atoms with Gasteiger partial charge in [0.1, 0.15) is 12.4 Å². The maximum Gasteiger partial charge on any atom is 0.374 e. The number of halogens is 3. The van der Waals surface area contributed by atoms with E-state index in [2.05, 4.69) is 180 Å². The lowest BCUT2D eigenvalue weighted by atomic mass is 10.0. The molecular weight excluding hydrogens is 1240 g/mol. The van der Waals surface area contributed by atoms with Crippen LogP contribution in [0, 0.1) is 0 Å². The lowest BCUT2D eigenvalue weighted by Crippen LogP contribution is -3.00. The molecule has 0 saturated heterocycles. The van der Waals surface area contributed by atoms with Gasteiger partial charge in [0.2, 0.25) is 11.5 Å². The normalized spacial score (nSPS) is 13.7. The predicted octanol–water partition coefficient (Wildman–Crippen LogP) is 16.5. The minimum atomic E-state index is -1.41. The van der Waals surface area contributed by atoms with E-state index in [-0.39, 0.29) is 24.0 Å². The van der Waals surface area contributed by atoms with Gasteiger partial charge in [-0.1, -0.05) is 255 Å². The van der Waals surface area contributed by atoms with Crippen molar-refractivity contribution in [3.63, 3.8) is 0 Å². The fourth-order valence-corrected chi connectivity index (χ4v) is 12.1. The lowest BCUT2D eigenvalue weighted by Gasteiger charge is -2.30. The number of hydrogen-bond acceptors (Lipinski definition) is 6. The molecule has 0 aliphatic carbocycles. The standard InChI is InChI=1S/C42H28Cl2N4.C35H33N2O2.HI/c43-35-27-15-13-25-33(35)41-45-39(31-21-9-3-10-22-31)40(32-23-11-4-12-24-32)48(41)42(34-26-14-16-28-36(34)44)46-37(29-17-5-1-6-18-29)38(47-42)30-19-7-2-8-20-30;1-4-25(21-34-36(5-2)30-23-28(17-19-32(30)38-34)26-13-9-7-10-14-26)22-35-37(6-3)31-24-29(18-20-33(31)39-35)27-15-11-8-12-16-27;/h1-28H;7-24H,4-6H2,1-3H3;1H/q;+1;/p-1. The summed E-state index contributed by atoms with van der Waals surface area (Å²) < 4.78 is 17.1. The zero-order valence-electron chi connectivity index (χ0n) is 48.8. The second kappa shape index (κ2) is 26.3. The second-order valence-corrected chi connectivity index (χ2v) is 21.9. The van der Waals surface area contributed by atoms with E-state index in [1.54, 1.807) is 0 Å². The van der Waals surface area contributed by atoms with E-state index in [0.717, 1.165) is 110 Å². The van der Waals surface area contributed by atoms with Gasteiger partial charge in [-0.05, 0) is 84.5 Å². The smallest absolute Gasteiger partial charge is 0.374 e. The molecule has 12 aromatic rings. The van der Waals surface area contributed by atoms with Gasteiger partial charge in [0.05, 0.1) is 44.6 Å². The van der Waals surface area contributed by atoms with Gasteiger partial charge in [0, 0.05) is 52.1 Å². The Morgan fingerprint density at radius 3 is 1.57 bits per heavy atom. The first-order valence-corrected chi connectivity index (χ1v) is 30.2. The number of nitrogens with zero attached hydrogens (tertiary/aromatic N) is 6. The summed E-state index contributed by atoms with van der Waals surface area (Å²) >= 11 is 14.2. The van der Waals surface area contributed by atoms with Crippen molar-refractivity contribution < 1.29 is 37.7 Å². The molecule has 2 aromatic heterocycles. The molecule has 2 aliphatic rings. The van der Waals surface area contributed by atoms with Crippen molar-refractivity contribution in [3.05, 3.63) is 317 Å². The summed E-state index contributed by atoms with van der Waals surface area (Å²) in [5.41, 5.74) is 17.4. The summed E-state index contributed by atoms with van der Waals surface area (Å²) in [4.78, 5) is 19.0. The summed E-state index contributed by atoms with van der Waals surface area (Å²) in [5, 5.41) is 1.10. The van der Waals surface area contributed by atoms with E-state index in [1.807, 2.05) is 133 Å². The van der Waals surface area contributed by atoms with Crippen molar-refractivity contribution in [2.24, 2.45) is 9.98 Å². The van der Waals surface area contributed by atoms with Crippen LogP contribution in [0.15, 0.2) is 299 Å². The van der Waals surface area contributed by atoms with Gasteiger partial charge in [-0.3, -0.25) is 4.57 Å². The highest BCUT2D eigenvalue weighted by Gasteiger charge is 2.46. The molecule has 8 nitrogen and oxygen atoms in total. The summed E-state index contributed by atoms with van der Waals surface area (Å²) in [7, 11) is 0. The van der Waals surface area contributed by atoms with Crippen LogP contribution in [0.3, 0.4) is 0 Å². The van der Waals surface area contributed by atoms with Gasteiger partial charge in [-0.15, -0.1) is 0 Å². The Bertz CT molecular complexity index is 4510. The summed E-state index contributed by atoms with van der Waals surface area (Å²) in [6, 6.07) is 90.2. The quantitative estimate of drug-likeness (QED) is 0.0803. The zero-order valence-corrected chi connectivity index (χ0v) is 52.5. The van der Waals surface area contributed by atoms with Crippen molar-refractivity contribution in [1.82, 2.24) is 9.55 Å². The van der Waals surface area contributed by atoms with Crippen molar-refractivity contribution >= 4 is 57.5 Å². The van der Waals surface area contributed by atoms with Crippen LogP contribution < -0.4 is 38.2 Å². The average Bonchev–Trinajstić information content (AvgIpc) is 1.56. The number of oxazole rings is 1. The number of hydrogen-bond donors (Lipinski definition) is 0. The minimum absolute atomic E-state index is 0. The first kappa shape index (κ1) is 59.0. The monoisotopic (exact) mass is 1300 g/mol. The Morgan fingerprint density at radius 1 is 0.523 bits per heavy atom. The van der Waals surface area contributed by atoms with E-state index >= 15 is 0 Å². The Labute approximate surface area is 540 Å². The molecule has 14 rings (SSSR count). The molecule has 0 spiro atoms. The Balaban J connectivity index is 0.000000173. The zero-order chi connectivity index (χ0) is 59.3. The molecule has 0 bridgehead atoms. The highest BCUT2D eigenvalue weighted by Crippen LogP contribution is 2.49. The topological polar surface area (TPSA) is 72.0 Å². The van der Waals surface area contributed by atoms with Crippen LogP contribution in [-0.2, 0) is 12.3 Å². The Hall–Kier alpha value is -9.39. The number of anilines is 1. The maximum absolute atomic E-state index is 7.18. The van der Waals surface area contributed by atoms with Gasteiger partial charge in [0.15, 0.2) is 5.75 Å². The number of ether oxygens (including phenoxy) is 1. The molecule has 4 heterocycles. The third-order valence-electron chi connectivity index (χ3n) is 15.8. The van der Waals surface area contributed by atoms with Gasteiger partial charge in [0.25, 0.3) is 11.3 Å². The van der Waals surface area contributed by atoms with Gasteiger partial charge < -0.3 is 38.0 Å². The van der Waals surface area contributed by atoms with E-state index in [1.165, 1.54) is 22.3 Å². The molecule has 432 valence electrons. The predicted molar refractivity (Wildman–Crippen MR) is 357 cm³/mol. The number of aliphatic imine (C=N–C) groups is 2. The van der Waals surface area contributed by atoms with Crippen LogP contribution in [0.25, 0.3) is 73.3 Å². The lowest BCUT2D eigenvalue weighted by molar-refractivity contribution is -0.674. The summed E-state index contributed by atoms with van der Waals surface area (Å²) in [5.74, 6) is 1.79. The molecule has 2 aliphatic heterocycles. The number of allylic oxidation sites excluding steroid dienone is 2. The maximum atomic E-state index is 7.18. The summed E-state index contributed by atoms with van der Waals surface area (Å²) in [6.45, 7) is 8.12. The van der Waals surface area contributed by atoms with Crippen LogP contribution in [-0.4, -0.2) is 27.5 Å². The number of aryl methyl sites for hydroxylation is 1. The Kier molecular flexibility index (Phi) is 17.6. The van der Waals surface area contributed by atoms with Crippen molar-refractivity contribution in [2.75, 3.05) is 11.4 Å². The van der Waals surface area contributed by atoms with E-state index in [0.29, 0.717) is 21.4 Å². The molecule has 0 atom stereocenters. The first-order chi connectivity index (χ1) is 42.8. The highest BCUT2D eigenvalue weighted by molar-refractivity contribution is 6.54. The molecule has 88 heavy (non-hydrogen) atoms. The van der Waals surface area contributed by atoms with Crippen LogP contribution in [0.2, 0.25) is 10.0 Å². The van der Waals surface area contributed by atoms with Gasteiger partial charge >= 0.3 is 5.89 Å². The molecule has 0 fully saturated rings. The molecule has 0 saturated carbocycles. The minimum Gasteiger partial charge on any atom is -1.00 e. The third kappa shape index (κ3) is 11.6. The van der Waals surface area contributed by atoms with Crippen LogP contribution >= 0.6 is 23.2 Å². The Morgan fingerprint density at radius 2 is 1.02 bits per heavy atom. The SMILES string of the molecule is CCC(=Cc1oc2ccc(-c3ccccc3)cc2[n+]1CC)C=C1Oc2ccc(-c3ccccc3)cc2N1CC.Clc1ccccc1-c1nc(-c2ccccc2)c(-c2ccccc2)n1C1(c2ccccc2Cl)N=C(c2ccccc2)C(c2ccccc2)=N1.[I-]. The second-order valence-electron chi connectivity index (χ2n) is 21.1. The fourth-order valence-electron chi connectivity index (χ4n) is 11.6. The first-order valence-electron chi connectivity index (χ1n) is 29.5. The fraction of sp³-hybridized carbons (Fsp3) is 0.0909. The van der Waals surface area contributed by atoms with E-state index in [9.17, 15) is 0 Å². The largest absolute Gasteiger partial charge is 1.00 e. The number of aromatic nitrogens is 3. The molecule has 0 amide bonds. The molecule has 10 aromatic carbocycles. The molecular formula is C77H61Cl2IN6O2. The molecule has 0 N–H and O–H groups in total. The van der Waals surface area contributed by atoms with Crippen molar-refractivity contribution in [1.29, 1.82) is 0 Å². The van der Waals surface area contributed by atoms with Crippen LogP contribution in [0.1, 0.15) is 49.8 Å². The third-order valence-corrected chi connectivity index (χ3v) is 16.5. The van der Waals surface area contributed by atoms with Gasteiger partial charge in [-0.2, -0.15) is 4.57 Å². The van der Waals surface area contributed by atoms with Gasteiger partial charge in [-0.25, -0.2) is 15.0 Å². The highest BCUT2D eigenvalue weighted by atomic mass is 127. The average molecular weight is 1300 g/mol. The molecule has 0 radical (unpaired) electrons. The van der Waals surface area contributed by atoms with Crippen molar-refractivity contribution in [3.8, 4) is 61.9 Å². The number of fused-ring (bicyclic) bond motifs is 2. The number of benzene rings is 10. The van der Waals surface area contributed by atoms with Crippen LogP contribution in [0.5, 0.6) is 5.75 Å². The van der Waals surface area contributed by atoms with E-state index < -0.39 is 5.79 Å². The van der Waals surface area contributed by atoms with E-state index in [4.69, 9.17) is 47.3 Å².